The first-order valence-electron chi connectivity index (χ1n) is 11.1. The number of benzene rings is 1. The first-order valence-corrected chi connectivity index (χ1v) is 11.5. The number of halogens is 2. The number of aromatic hydroxyl groups is 1. The van der Waals surface area contributed by atoms with Crippen LogP contribution in [0.15, 0.2) is 23.0 Å². The van der Waals surface area contributed by atoms with E-state index in [1.54, 1.807) is 0 Å². The van der Waals surface area contributed by atoms with Crippen molar-refractivity contribution in [3.63, 3.8) is 0 Å². The Balaban J connectivity index is 1.79. The Labute approximate surface area is 201 Å². The number of aromatic nitrogens is 1. The molecule has 0 fully saturated rings. The molecule has 0 spiro atoms. The fourth-order valence-electron chi connectivity index (χ4n) is 4.54. The smallest absolute Gasteiger partial charge is 0.294 e. The number of nitrogens with zero attached hydrogens (tertiary/aromatic N) is 3. The van der Waals surface area contributed by atoms with Crippen LogP contribution in [0.2, 0.25) is 5.02 Å². The van der Waals surface area contributed by atoms with Crippen molar-refractivity contribution in [1.82, 2.24) is 14.4 Å². The SMILES string of the molecule is CN1C[C@H](O)C(C)(C)CCn2c(c3c(c(O)c2=O)C(=O)N(Cc2ccc(F)c(Cl)c2)CC3)C1=O. The van der Waals surface area contributed by atoms with Gasteiger partial charge in [0.05, 0.1) is 16.7 Å². The molecule has 1 atom stereocenters. The molecule has 2 aliphatic rings. The van der Waals surface area contributed by atoms with Crippen LogP contribution in [0.25, 0.3) is 0 Å². The highest BCUT2D eigenvalue weighted by Crippen LogP contribution is 2.33. The second-order valence-electron chi connectivity index (χ2n) is 9.67. The number of amides is 2. The largest absolute Gasteiger partial charge is 0.502 e. The molecule has 1 aromatic carbocycles. The zero-order valence-corrected chi connectivity index (χ0v) is 20.0. The lowest BCUT2D eigenvalue weighted by molar-refractivity contribution is 0.0192. The van der Waals surface area contributed by atoms with Crippen LogP contribution in [0, 0.1) is 11.2 Å². The average molecular weight is 492 g/mol. The normalized spacial score (nSPS) is 20.4. The van der Waals surface area contributed by atoms with Gasteiger partial charge in [-0.25, -0.2) is 4.39 Å². The Morgan fingerprint density at radius 1 is 1.18 bits per heavy atom. The summed E-state index contributed by atoms with van der Waals surface area (Å²) in [4.78, 5) is 42.6. The highest BCUT2D eigenvalue weighted by atomic mass is 35.5. The fourth-order valence-corrected chi connectivity index (χ4v) is 4.75. The highest BCUT2D eigenvalue weighted by molar-refractivity contribution is 6.30. The van der Waals surface area contributed by atoms with Crippen LogP contribution >= 0.6 is 11.6 Å². The van der Waals surface area contributed by atoms with Gasteiger partial charge in [-0.2, -0.15) is 0 Å². The summed E-state index contributed by atoms with van der Waals surface area (Å²) in [6.45, 7) is 4.23. The number of carbonyl (C=O) groups is 2. The number of β-amino-alcohol motifs (C(OH)–C–C–N with tert-alkyl or cyclic N) is 1. The third-order valence-corrected chi connectivity index (χ3v) is 7.20. The number of aliphatic hydroxyl groups is 1. The lowest BCUT2D eigenvalue weighted by atomic mass is 9.83. The van der Waals surface area contributed by atoms with Gasteiger partial charge in [-0.15, -0.1) is 0 Å². The molecular weight excluding hydrogens is 465 g/mol. The van der Waals surface area contributed by atoms with Crippen molar-refractivity contribution < 1.29 is 24.2 Å². The quantitative estimate of drug-likeness (QED) is 0.671. The van der Waals surface area contributed by atoms with E-state index in [0.29, 0.717) is 17.5 Å². The Hall–Kier alpha value is -2.91. The zero-order chi connectivity index (χ0) is 24.9. The molecule has 2 aliphatic heterocycles. The third-order valence-electron chi connectivity index (χ3n) is 6.91. The predicted octanol–water partition coefficient (Wildman–Crippen LogP) is 2.41. The van der Waals surface area contributed by atoms with E-state index in [1.165, 1.54) is 39.6 Å². The third kappa shape index (κ3) is 4.07. The molecule has 2 amide bonds. The molecule has 0 unspecified atom stereocenters. The van der Waals surface area contributed by atoms with E-state index in [-0.39, 0.29) is 48.9 Å². The number of rotatable bonds is 2. The first-order chi connectivity index (χ1) is 15.9. The minimum atomic E-state index is -0.817. The van der Waals surface area contributed by atoms with Crippen molar-refractivity contribution in [3.05, 3.63) is 61.8 Å². The fraction of sp³-hybridized carbons (Fsp3) is 0.458. The van der Waals surface area contributed by atoms with Gasteiger partial charge in [-0.05, 0) is 36.0 Å². The molecule has 3 heterocycles. The van der Waals surface area contributed by atoms with E-state index in [2.05, 4.69) is 0 Å². The molecule has 0 saturated carbocycles. The standard InChI is InChI=1S/C24H27ClFN3O5/c1-24(2)7-9-29-19(22(33)27(3)12-17(24)30)14-6-8-28(21(32)18(14)20(31)23(29)34)11-13-4-5-16(26)15(25)10-13/h4-5,10,17,30-31H,6-9,11-12H2,1-3H3/t17-/m0/s1. The minimum Gasteiger partial charge on any atom is -0.502 e. The summed E-state index contributed by atoms with van der Waals surface area (Å²) in [6, 6.07) is 4.14. The van der Waals surface area contributed by atoms with E-state index >= 15 is 0 Å². The zero-order valence-electron chi connectivity index (χ0n) is 19.3. The van der Waals surface area contributed by atoms with E-state index in [0.717, 1.165) is 0 Å². The summed E-state index contributed by atoms with van der Waals surface area (Å²) in [7, 11) is 1.54. The maximum atomic E-state index is 13.5. The Morgan fingerprint density at radius 2 is 1.88 bits per heavy atom. The molecule has 10 heteroatoms. The summed E-state index contributed by atoms with van der Waals surface area (Å²) in [5, 5.41) is 21.3. The van der Waals surface area contributed by atoms with Crippen LogP contribution in [0.4, 0.5) is 4.39 Å². The number of likely N-dealkylation sites (N-methyl/N-ethyl adjacent to an activating group) is 1. The van der Waals surface area contributed by atoms with Crippen molar-refractivity contribution in [2.75, 3.05) is 20.1 Å². The van der Waals surface area contributed by atoms with Gasteiger partial charge in [0.15, 0.2) is 5.75 Å². The van der Waals surface area contributed by atoms with Gasteiger partial charge in [-0.3, -0.25) is 14.4 Å². The number of pyridine rings is 1. The predicted molar refractivity (Wildman–Crippen MR) is 124 cm³/mol. The molecule has 0 aliphatic carbocycles. The lowest BCUT2D eigenvalue weighted by Crippen LogP contribution is -2.43. The number of hydrogen-bond acceptors (Lipinski definition) is 5. The first kappa shape index (κ1) is 24.2. The minimum absolute atomic E-state index is 0.0698. The van der Waals surface area contributed by atoms with E-state index < -0.39 is 40.5 Å². The number of aliphatic hydroxyl groups excluding tert-OH is 1. The summed E-state index contributed by atoms with van der Waals surface area (Å²) < 4.78 is 14.7. The van der Waals surface area contributed by atoms with Gasteiger partial charge in [0, 0.05) is 38.8 Å². The van der Waals surface area contributed by atoms with Crippen molar-refractivity contribution in [3.8, 4) is 5.75 Å². The summed E-state index contributed by atoms with van der Waals surface area (Å²) >= 11 is 5.85. The van der Waals surface area contributed by atoms with Gasteiger partial charge in [-0.1, -0.05) is 31.5 Å². The molecule has 8 nitrogen and oxygen atoms in total. The van der Waals surface area contributed by atoms with Gasteiger partial charge in [0.2, 0.25) is 0 Å². The van der Waals surface area contributed by atoms with Gasteiger partial charge in [0.1, 0.15) is 11.5 Å². The monoisotopic (exact) mass is 491 g/mol. The number of carbonyl (C=O) groups excluding carboxylic acids is 2. The maximum absolute atomic E-state index is 13.5. The second kappa shape index (κ2) is 8.70. The van der Waals surface area contributed by atoms with Crippen LogP contribution in [0.1, 0.15) is 52.2 Å². The van der Waals surface area contributed by atoms with E-state index in [4.69, 9.17) is 11.6 Å². The van der Waals surface area contributed by atoms with Crippen molar-refractivity contribution in [2.24, 2.45) is 5.41 Å². The van der Waals surface area contributed by atoms with Crippen LogP contribution < -0.4 is 5.56 Å². The lowest BCUT2D eigenvalue weighted by Gasteiger charge is -2.32. The van der Waals surface area contributed by atoms with Gasteiger partial charge >= 0.3 is 0 Å². The van der Waals surface area contributed by atoms with Crippen molar-refractivity contribution in [1.29, 1.82) is 0 Å². The van der Waals surface area contributed by atoms with Crippen molar-refractivity contribution in [2.45, 2.75) is 45.9 Å². The number of fused-ring (bicyclic) bond motifs is 3. The molecule has 182 valence electrons. The molecule has 2 N–H and O–H groups in total. The molecule has 0 radical (unpaired) electrons. The average Bonchev–Trinajstić information content (AvgIpc) is 2.80. The molecule has 34 heavy (non-hydrogen) atoms. The van der Waals surface area contributed by atoms with E-state index in [9.17, 15) is 29.0 Å². The molecule has 1 aromatic heterocycles. The van der Waals surface area contributed by atoms with Crippen LogP contribution in [0.5, 0.6) is 5.75 Å². The highest BCUT2D eigenvalue weighted by Gasteiger charge is 2.38. The Morgan fingerprint density at radius 3 is 2.56 bits per heavy atom. The molecular formula is C24H27ClFN3O5. The number of hydrogen-bond donors (Lipinski definition) is 2. The summed E-state index contributed by atoms with van der Waals surface area (Å²) in [5.74, 6) is -2.34. The van der Waals surface area contributed by atoms with Crippen LogP contribution in [-0.4, -0.2) is 62.6 Å². The van der Waals surface area contributed by atoms with Gasteiger partial charge in [0.25, 0.3) is 17.4 Å². The Kier molecular flexibility index (Phi) is 6.20. The van der Waals surface area contributed by atoms with Crippen LogP contribution in [0.3, 0.4) is 0 Å². The van der Waals surface area contributed by atoms with Crippen LogP contribution in [-0.2, 0) is 19.5 Å². The molecule has 4 rings (SSSR count). The topological polar surface area (TPSA) is 103 Å². The summed E-state index contributed by atoms with van der Waals surface area (Å²) in [5.41, 5.74) is -0.595. The molecule has 2 aromatic rings. The van der Waals surface area contributed by atoms with E-state index in [1.807, 2.05) is 13.8 Å². The summed E-state index contributed by atoms with van der Waals surface area (Å²) in [6.07, 6.45) is -0.174. The molecule has 0 saturated heterocycles. The van der Waals surface area contributed by atoms with Crippen molar-refractivity contribution >= 4 is 23.4 Å². The Bertz CT molecular complexity index is 1240. The second-order valence-corrected chi connectivity index (χ2v) is 10.1. The molecule has 0 bridgehead atoms. The van der Waals surface area contributed by atoms with Gasteiger partial charge < -0.3 is 24.6 Å². The maximum Gasteiger partial charge on any atom is 0.294 e.